The molecule has 10 N–H and O–H groups in total. The SMILES string of the molecule is O.O.O.O.O.[Cl][Ru]([Cl])[Cl]. The number of hydrogen-bond acceptors (Lipinski definition) is 0. The third kappa shape index (κ3) is 296. The molecule has 0 fully saturated rings. The third-order valence-electron chi connectivity index (χ3n) is 0. The van der Waals surface area contributed by atoms with E-state index in [2.05, 4.69) is 0 Å². The zero-order chi connectivity index (χ0) is 3.58. The molecule has 9 heteroatoms. The van der Waals surface area contributed by atoms with Crippen LogP contribution in [0.4, 0.5) is 0 Å². The van der Waals surface area contributed by atoms with Gasteiger partial charge in [-0.25, -0.2) is 0 Å². The summed E-state index contributed by atoms with van der Waals surface area (Å²) in [6.07, 6.45) is 0. The van der Waals surface area contributed by atoms with Gasteiger partial charge in [-0.05, 0) is 0 Å². The summed E-state index contributed by atoms with van der Waals surface area (Å²) in [5, 5.41) is 0. The van der Waals surface area contributed by atoms with E-state index < -0.39 is 13.0 Å². The molecule has 0 atom stereocenters. The van der Waals surface area contributed by atoms with Gasteiger partial charge in [0.25, 0.3) is 0 Å². The summed E-state index contributed by atoms with van der Waals surface area (Å²) < 4.78 is 0. The van der Waals surface area contributed by atoms with Gasteiger partial charge in [0.05, 0.1) is 0 Å². The third-order valence-corrected chi connectivity index (χ3v) is 0. The average molecular weight is 298 g/mol. The van der Waals surface area contributed by atoms with Crippen molar-refractivity contribution in [2.75, 3.05) is 0 Å². The predicted molar refractivity (Wildman–Crippen MR) is 35.6 cm³/mol. The molecule has 0 aliphatic carbocycles. The summed E-state index contributed by atoms with van der Waals surface area (Å²) >= 11 is -1.75. The molecule has 5 nitrogen and oxygen atoms in total. The van der Waals surface area contributed by atoms with Gasteiger partial charge in [0.2, 0.25) is 0 Å². The zero-order valence-corrected chi connectivity index (χ0v) is 7.99. The summed E-state index contributed by atoms with van der Waals surface area (Å²) in [5.41, 5.74) is 0. The van der Waals surface area contributed by atoms with Crippen molar-refractivity contribution in [2.45, 2.75) is 0 Å². The van der Waals surface area contributed by atoms with Crippen molar-refractivity contribution >= 4 is 29.1 Å². The van der Waals surface area contributed by atoms with E-state index in [1.807, 2.05) is 0 Å². The molecule has 0 heterocycles. The van der Waals surface area contributed by atoms with E-state index >= 15 is 0 Å². The molecule has 0 rings (SSSR count). The van der Waals surface area contributed by atoms with E-state index in [0.29, 0.717) is 0 Å². The van der Waals surface area contributed by atoms with Gasteiger partial charge in [-0.15, -0.1) is 0 Å². The van der Waals surface area contributed by atoms with E-state index in [-0.39, 0.29) is 27.4 Å². The van der Waals surface area contributed by atoms with Crippen LogP contribution in [0.5, 0.6) is 0 Å². The molecule has 0 saturated carbocycles. The Balaban J connectivity index is -0.00000000450. The molecule has 0 aromatic heterocycles. The second-order valence-corrected chi connectivity index (χ2v) is 8.07. The molecule has 0 aromatic carbocycles. The standard InChI is InChI=1S/3ClH.5H2O.Ru/h3*1H;5*1H2;/q;;;;;;;;+3/p-3. The van der Waals surface area contributed by atoms with E-state index in [0.717, 1.165) is 0 Å². The van der Waals surface area contributed by atoms with Gasteiger partial charge in [0, 0.05) is 0 Å². The van der Waals surface area contributed by atoms with Crippen molar-refractivity contribution < 1.29 is 40.4 Å². The second-order valence-electron chi connectivity index (χ2n) is 0.152. The first-order chi connectivity index (χ1) is 1.73. The minimum absolute atomic E-state index is 0. The average Bonchev–Trinajstić information content (AvgIpc) is 0.811. The second kappa shape index (κ2) is 34.7. The van der Waals surface area contributed by atoms with Crippen LogP contribution in [-0.4, -0.2) is 27.4 Å². The van der Waals surface area contributed by atoms with Crippen LogP contribution in [0.15, 0.2) is 0 Å². The summed E-state index contributed by atoms with van der Waals surface area (Å²) in [7, 11) is 14.8. The molecule has 0 bridgehead atoms. The molecule has 0 aromatic rings. The van der Waals surface area contributed by atoms with Crippen molar-refractivity contribution in [1.82, 2.24) is 0 Å². The Morgan fingerprint density at radius 3 is 0.556 bits per heavy atom. The Bertz CT molecular complexity index is 16.9. The van der Waals surface area contributed by atoms with Crippen LogP contribution in [0.3, 0.4) is 0 Å². The fraction of sp³-hybridized carbons (Fsp3) is 0. The van der Waals surface area contributed by atoms with Crippen LogP contribution in [0.1, 0.15) is 0 Å². The van der Waals surface area contributed by atoms with Crippen LogP contribution in [0.25, 0.3) is 0 Å². The number of hydrogen-bond donors (Lipinski definition) is 0. The first-order valence-electron chi connectivity index (χ1n) is 0.401. The van der Waals surface area contributed by atoms with Crippen LogP contribution in [0.2, 0.25) is 0 Å². The molecule has 69 valence electrons. The topological polar surface area (TPSA) is 158 Å². The molecule has 0 amide bonds. The molecular formula is H10Cl3O5Ru. The van der Waals surface area contributed by atoms with Crippen molar-refractivity contribution in [1.29, 1.82) is 0 Å². The Morgan fingerprint density at radius 1 is 0.556 bits per heavy atom. The summed E-state index contributed by atoms with van der Waals surface area (Å²) in [5.74, 6) is 0. The number of rotatable bonds is 0. The first-order valence-corrected chi connectivity index (χ1v) is 7.12. The monoisotopic (exact) mass is 297 g/mol. The van der Waals surface area contributed by atoms with Crippen molar-refractivity contribution in [3.05, 3.63) is 0 Å². The Hall–Kier alpha value is 1.29. The fourth-order valence-electron chi connectivity index (χ4n) is 0. The van der Waals surface area contributed by atoms with Gasteiger partial charge in [-0.2, -0.15) is 0 Å². The zero-order valence-electron chi connectivity index (χ0n) is 3.99. The molecule has 0 spiro atoms. The summed E-state index contributed by atoms with van der Waals surface area (Å²) in [6.45, 7) is 0. The number of halogens is 3. The van der Waals surface area contributed by atoms with Crippen molar-refractivity contribution in [2.24, 2.45) is 0 Å². The first kappa shape index (κ1) is 48.2. The molecule has 0 unspecified atom stereocenters. The minimum atomic E-state index is -1.75. The Kier molecular flexibility index (Phi) is 186. The van der Waals surface area contributed by atoms with Gasteiger partial charge in [0.15, 0.2) is 0 Å². The molecule has 0 radical (unpaired) electrons. The van der Waals surface area contributed by atoms with E-state index in [1.54, 1.807) is 0 Å². The molecule has 9 heavy (non-hydrogen) atoms. The Morgan fingerprint density at radius 2 is 0.556 bits per heavy atom. The summed E-state index contributed by atoms with van der Waals surface area (Å²) in [6, 6.07) is 0. The molecule has 0 saturated heterocycles. The summed E-state index contributed by atoms with van der Waals surface area (Å²) in [4.78, 5) is 0. The van der Waals surface area contributed by atoms with Crippen LogP contribution >= 0.6 is 29.1 Å². The Labute approximate surface area is 69.5 Å². The van der Waals surface area contributed by atoms with Gasteiger partial charge < -0.3 is 27.4 Å². The van der Waals surface area contributed by atoms with E-state index in [4.69, 9.17) is 29.1 Å². The quantitative estimate of drug-likeness (QED) is 0.450. The van der Waals surface area contributed by atoms with Crippen molar-refractivity contribution in [3.8, 4) is 0 Å². The van der Waals surface area contributed by atoms with Gasteiger partial charge in [-0.1, -0.05) is 0 Å². The molecular weight excluding hydrogens is 287 g/mol. The van der Waals surface area contributed by atoms with Crippen LogP contribution in [-0.2, 0) is 13.0 Å². The van der Waals surface area contributed by atoms with Crippen LogP contribution < -0.4 is 0 Å². The predicted octanol–water partition coefficient (Wildman–Crippen LogP) is -2.06. The van der Waals surface area contributed by atoms with Gasteiger partial charge in [-0.3, -0.25) is 0 Å². The van der Waals surface area contributed by atoms with E-state index in [1.165, 1.54) is 0 Å². The van der Waals surface area contributed by atoms with E-state index in [9.17, 15) is 0 Å². The normalized spacial score (nSPS) is 5.00. The maximum absolute atomic E-state index is 4.95. The fourth-order valence-corrected chi connectivity index (χ4v) is 0. The molecule has 0 aliphatic rings. The van der Waals surface area contributed by atoms with Crippen molar-refractivity contribution in [3.63, 3.8) is 0 Å². The maximum atomic E-state index is 4.95. The van der Waals surface area contributed by atoms with Gasteiger partial charge >= 0.3 is 42.1 Å². The van der Waals surface area contributed by atoms with Crippen LogP contribution in [0, 0.1) is 0 Å². The molecule has 0 aliphatic heterocycles. The van der Waals surface area contributed by atoms with Gasteiger partial charge in [0.1, 0.15) is 0 Å².